The minimum atomic E-state index is -1.58. The number of anilines is 1. The van der Waals surface area contributed by atoms with E-state index in [-0.39, 0.29) is 23.7 Å². The standard InChI is InChI=1S/C27H40N2O9/c1-18-7-8-23(31)26(33)22(30)6-4-5-20-15-21(16-24(32)25(20)27(34)38-19(18)2)29-17-28-9-10-36-13-14-37-12-11-35-3/h4-5,7-8,15-16,18-19,22,26,28-30,32-33H,6,9-14,17H2,1-3H3/b5-4+,8-7-/t18-,19+,22+,26+/m1/s1. The Balaban J connectivity index is 2.03. The third kappa shape index (κ3) is 10.5. The molecule has 0 amide bonds. The number of carbonyl (C=O) groups excluding carboxylic acids is 2. The molecular formula is C27H40N2O9. The van der Waals surface area contributed by atoms with Crippen molar-refractivity contribution in [2.24, 2.45) is 5.92 Å². The number of hydrogen-bond acceptors (Lipinski definition) is 11. The summed E-state index contributed by atoms with van der Waals surface area (Å²) in [6.07, 6.45) is 2.18. The summed E-state index contributed by atoms with van der Waals surface area (Å²) in [5.74, 6) is -1.97. The average Bonchev–Trinajstić information content (AvgIpc) is 2.88. The predicted octanol–water partition coefficient (Wildman–Crippen LogP) is 1.48. The molecule has 0 fully saturated rings. The van der Waals surface area contributed by atoms with Crippen LogP contribution in [0.2, 0.25) is 0 Å². The fourth-order valence-corrected chi connectivity index (χ4v) is 3.46. The molecular weight excluding hydrogens is 496 g/mol. The van der Waals surface area contributed by atoms with E-state index in [0.717, 1.165) is 0 Å². The Kier molecular flexibility index (Phi) is 14.0. The van der Waals surface area contributed by atoms with Gasteiger partial charge in [0.15, 0.2) is 5.78 Å². The van der Waals surface area contributed by atoms with E-state index in [1.165, 1.54) is 30.4 Å². The molecule has 0 saturated carbocycles. The number of benzene rings is 1. The molecule has 0 aliphatic carbocycles. The van der Waals surface area contributed by atoms with Gasteiger partial charge in [-0.3, -0.25) is 10.1 Å². The van der Waals surface area contributed by atoms with Crippen LogP contribution in [-0.4, -0.2) is 98.7 Å². The Morgan fingerprint density at radius 1 is 1.03 bits per heavy atom. The number of phenols is 1. The fraction of sp³-hybridized carbons (Fsp3) is 0.556. The van der Waals surface area contributed by atoms with E-state index in [1.807, 2.05) is 0 Å². The van der Waals surface area contributed by atoms with Crippen molar-refractivity contribution >= 4 is 23.5 Å². The van der Waals surface area contributed by atoms with Gasteiger partial charge in [-0.2, -0.15) is 0 Å². The average molecular weight is 537 g/mol. The smallest absolute Gasteiger partial charge is 0.342 e. The molecule has 0 radical (unpaired) electrons. The van der Waals surface area contributed by atoms with Crippen LogP contribution >= 0.6 is 0 Å². The van der Waals surface area contributed by atoms with Gasteiger partial charge in [-0.15, -0.1) is 0 Å². The summed E-state index contributed by atoms with van der Waals surface area (Å²) in [6.45, 7) is 6.90. The maximum atomic E-state index is 12.9. The Morgan fingerprint density at radius 2 is 1.74 bits per heavy atom. The molecule has 4 atom stereocenters. The molecule has 0 bridgehead atoms. The minimum absolute atomic E-state index is 0.0212. The van der Waals surface area contributed by atoms with Gasteiger partial charge in [0.25, 0.3) is 0 Å². The molecule has 212 valence electrons. The van der Waals surface area contributed by atoms with Crippen LogP contribution in [0.4, 0.5) is 5.69 Å². The zero-order valence-corrected chi connectivity index (χ0v) is 22.2. The number of rotatable bonds is 12. The second kappa shape index (κ2) is 16.9. The fourth-order valence-electron chi connectivity index (χ4n) is 3.46. The Hall–Kier alpha value is -2.80. The quantitative estimate of drug-likeness (QED) is 0.150. The minimum Gasteiger partial charge on any atom is -0.507 e. The van der Waals surface area contributed by atoms with Gasteiger partial charge in [0.1, 0.15) is 23.5 Å². The molecule has 0 spiro atoms. The molecule has 0 unspecified atom stereocenters. The maximum Gasteiger partial charge on any atom is 0.342 e. The van der Waals surface area contributed by atoms with Gasteiger partial charge in [0.05, 0.1) is 45.8 Å². The molecule has 1 aromatic carbocycles. The van der Waals surface area contributed by atoms with Crippen molar-refractivity contribution in [3.8, 4) is 5.75 Å². The first-order chi connectivity index (χ1) is 18.2. The van der Waals surface area contributed by atoms with E-state index in [9.17, 15) is 24.9 Å². The van der Waals surface area contributed by atoms with Crippen LogP contribution in [-0.2, 0) is 23.7 Å². The monoisotopic (exact) mass is 536 g/mol. The highest BCUT2D eigenvalue weighted by molar-refractivity contribution is 5.97. The molecule has 11 heteroatoms. The summed E-state index contributed by atoms with van der Waals surface area (Å²) < 4.78 is 21.2. The molecule has 11 nitrogen and oxygen atoms in total. The van der Waals surface area contributed by atoms with Gasteiger partial charge in [-0.05, 0) is 31.1 Å². The summed E-state index contributed by atoms with van der Waals surface area (Å²) in [5.41, 5.74) is 0.877. The van der Waals surface area contributed by atoms with Gasteiger partial charge in [-0.25, -0.2) is 4.79 Å². The van der Waals surface area contributed by atoms with Crippen molar-refractivity contribution < 1.29 is 43.9 Å². The normalized spacial score (nSPS) is 24.2. The second-order valence-corrected chi connectivity index (χ2v) is 8.91. The number of aliphatic hydroxyl groups is 2. The lowest BCUT2D eigenvalue weighted by Gasteiger charge is -2.20. The number of hydrogen-bond donors (Lipinski definition) is 5. The number of phenolic OH excluding ortho intramolecular Hbond substituents is 1. The van der Waals surface area contributed by atoms with E-state index in [4.69, 9.17) is 18.9 Å². The highest BCUT2D eigenvalue weighted by Crippen LogP contribution is 2.29. The summed E-state index contributed by atoms with van der Waals surface area (Å²) >= 11 is 0. The first-order valence-electron chi connectivity index (χ1n) is 12.7. The highest BCUT2D eigenvalue weighted by atomic mass is 16.5. The van der Waals surface area contributed by atoms with Crippen LogP contribution in [0.3, 0.4) is 0 Å². The van der Waals surface area contributed by atoms with Crippen molar-refractivity contribution in [1.29, 1.82) is 0 Å². The van der Waals surface area contributed by atoms with E-state index in [2.05, 4.69) is 10.6 Å². The molecule has 5 N–H and O–H groups in total. The van der Waals surface area contributed by atoms with Crippen molar-refractivity contribution in [1.82, 2.24) is 5.32 Å². The van der Waals surface area contributed by atoms with Gasteiger partial charge in [0, 0.05) is 31.3 Å². The van der Waals surface area contributed by atoms with Crippen molar-refractivity contribution in [2.45, 2.75) is 38.6 Å². The van der Waals surface area contributed by atoms with Crippen molar-refractivity contribution in [2.75, 3.05) is 58.7 Å². The number of nitrogens with one attached hydrogen (secondary N) is 2. The maximum absolute atomic E-state index is 12.9. The lowest BCUT2D eigenvalue weighted by Crippen LogP contribution is -2.32. The summed E-state index contributed by atoms with van der Waals surface area (Å²) in [7, 11) is 1.62. The van der Waals surface area contributed by atoms with E-state index in [1.54, 1.807) is 27.0 Å². The van der Waals surface area contributed by atoms with Gasteiger partial charge < -0.3 is 39.6 Å². The number of aromatic hydroxyl groups is 1. The van der Waals surface area contributed by atoms with Crippen LogP contribution in [0, 0.1) is 5.92 Å². The molecule has 1 aliphatic heterocycles. The molecule has 38 heavy (non-hydrogen) atoms. The second-order valence-electron chi connectivity index (χ2n) is 8.91. The number of fused-ring (bicyclic) bond motifs is 1. The largest absolute Gasteiger partial charge is 0.507 e. The summed E-state index contributed by atoms with van der Waals surface area (Å²) in [5, 5.41) is 37.3. The molecule has 1 aromatic rings. The molecule has 2 rings (SSSR count). The van der Waals surface area contributed by atoms with Crippen LogP contribution in [0.25, 0.3) is 6.08 Å². The number of ketones is 1. The first kappa shape index (κ1) is 31.4. The first-order valence-corrected chi connectivity index (χ1v) is 12.7. The van der Waals surface area contributed by atoms with Gasteiger partial charge in [0.2, 0.25) is 0 Å². The van der Waals surface area contributed by atoms with Crippen LogP contribution in [0.15, 0.2) is 30.4 Å². The van der Waals surface area contributed by atoms with E-state index in [0.29, 0.717) is 57.5 Å². The molecule has 0 saturated heterocycles. The number of ether oxygens (including phenoxy) is 4. The summed E-state index contributed by atoms with van der Waals surface area (Å²) in [6, 6.07) is 3.09. The number of carbonyl (C=O) groups is 2. The van der Waals surface area contributed by atoms with Crippen molar-refractivity contribution in [3.63, 3.8) is 0 Å². The molecule has 0 aromatic heterocycles. The Morgan fingerprint density at radius 3 is 2.47 bits per heavy atom. The lowest BCUT2D eigenvalue weighted by atomic mass is 9.99. The number of methoxy groups -OCH3 is 1. The van der Waals surface area contributed by atoms with Crippen LogP contribution in [0.5, 0.6) is 5.75 Å². The highest BCUT2D eigenvalue weighted by Gasteiger charge is 2.25. The van der Waals surface area contributed by atoms with Crippen LogP contribution in [0.1, 0.15) is 36.2 Å². The number of cyclic esters (lactones) is 1. The lowest BCUT2D eigenvalue weighted by molar-refractivity contribution is -0.127. The topological polar surface area (TPSA) is 156 Å². The molecule has 1 aliphatic rings. The Labute approximate surface area is 223 Å². The summed E-state index contributed by atoms with van der Waals surface area (Å²) in [4.78, 5) is 25.1. The van der Waals surface area contributed by atoms with Gasteiger partial charge >= 0.3 is 5.97 Å². The van der Waals surface area contributed by atoms with Crippen LogP contribution < -0.4 is 10.6 Å². The van der Waals surface area contributed by atoms with E-state index >= 15 is 0 Å². The molecule has 1 heterocycles. The third-order valence-corrected chi connectivity index (χ3v) is 5.93. The van der Waals surface area contributed by atoms with Gasteiger partial charge in [-0.1, -0.05) is 25.2 Å². The number of aliphatic hydroxyl groups excluding tert-OH is 2. The number of esters is 1. The zero-order valence-electron chi connectivity index (χ0n) is 22.2. The third-order valence-electron chi connectivity index (χ3n) is 5.93. The van der Waals surface area contributed by atoms with E-state index < -0.39 is 30.1 Å². The Bertz CT molecular complexity index is 951. The predicted molar refractivity (Wildman–Crippen MR) is 142 cm³/mol. The van der Waals surface area contributed by atoms with Crippen molar-refractivity contribution in [3.05, 3.63) is 41.5 Å². The zero-order chi connectivity index (χ0) is 27.9. The SMILES string of the molecule is COCCOCCOCCNCNc1cc(O)c2c(c1)/C=C/C[C@H](O)[C@H](O)C(=O)/C=C\[C@@H](C)[C@H](C)OC2=O.